The molecule has 1 aromatic rings. The lowest BCUT2D eigenvalue weighted by Gasteiger charge is -2.18. The summed E-state index contributed by atoms with van der Waals surface area (Å²) in [5.41, 5.74) is 1.03. The third kappa shape index (κ3) is 3.62. The van der Waals surface area contributed by atoms with Crippen molar-refractivity contribution in [3.8, 4) is 0 Å². The van der Waals surface area contributed by atoms with Crippen LogP contribution in [0.15, 0.2) is 18.5 Å². The molecule has 1 N–H and O–H groups in total. The fourth-order valence-corrected chi connectivity index (χ4v) is 1.52. The van der Waals surface area contributed by atoms with Crippen LogP contribution in [0, 0.1) is 0 Å². The monoisotopic (exact) mass is 214 g/mol. The molecular weight excluding hydrogens is 200 g/mol. The Morgan fingerprint density at radius 2 is 2.36 bits per heavy atom. The molecule has 0 amide bonds. The smallest absolute Gasteiger partial charge is 0.0639 e. The van der Waals surface area contributed by atoms with Gasteiger partial charge in [0.1, 0.15) is 0 Å². The van der Waals surface area contributed by atoms with Crippen molar-refractivity contribution in [2.24, 2.45) is 0 Å². The first-order valence-electron chi connectivity index (χ1n) is 4.54. The molecule has 0 aliphatic rings. The Morgan fingerprint density at radius 3 is 2.93 bits per heavy atom. The van der Waals surface area contributed by atoms with E-state index >= 15 is 0 Å². The molecule has 0 aliphatic carbocycles. The van der Waals surface area contributed by atoms with Gasteiger partial charge in [-0.25, -0.2) is 0 Å². The Bertz CT molecular complexity index is 291. The number of hydrogen-bond acceptors (Lipinski definition) is 3. The summed E-state index contributed by atoms with van der Waals surface area (Å²) < 4.78 is 0. The predicted octanol–water partition coefficient (Wildman–Crippen LogP) is 1.55. The van der Waals surface area contributed by atoms with Gasteiger partial charge < -0.3 is 5.11 Å². The van der Waals surface area contributed by atoms with Gasteiger partial charge in [0.05, 0.1) is 11.1 Å². The van der Waals surface area contributed by atoms with Gasteiger partial charge in [-0.3, -0.25) is 9.88 Å². The minimum Gasteiger partial charge on any atom is -0.392 e. The largest absolute Gasteiger partial charge is 0.392 e. The molecule has 14 heavy (non-hydrogen) atoms. The summed E-state index contributed by atoms with van der Waals surface area (Å²) in [6.45, 7) is 3.13. The van der Waals surface area contributed by atoms with Gasteiger partial charge in [-0.1, -0.05) is 11.6 Å². The molecule has 0 spiro atoms. The van der Waals surface area contributed by atoms with Crippen molar-refractivity contribution >= 4 is 11.6 Å². The summed E-state index contributed by atoms with van der Waals surface area (Å²) in [7, 11) is 1.95. The summed E-state index contributed by atoms with van der Waals surface area (Å²) in [5, 5.41) is 9.85. The Labute approximate surface area is 89.3 Å². The number of hydrogen-bond donors (Lipinski definition) is 1. The van der Waals surface area contributed by atoms with Crippen molar-refractivity contribution < 1.29 is 5.11 Å². The van der Waals surface area contributed by atoms with Gasteiger partial charge in [-0.2, -0.15) is 0 Å². The SMILES string of the molecule is CC(O)CN(C)Cc1ccncc1Cl. The summed E-state index contributed by atoms with van der Waals surface area (Å²) in [6.07, 6.45) is 3.03. The Kier molecular flexibility index (Phi) is 4.32. The number of pyridine rings is 1. The van der Waals surface area contributed by atoms with E-state index < -0.39 is 0 Å². The molecule has 0 fully saturated rings. The highest BCUT2D eigenvalue weighted by atomic mass is 35.5. The van der Waals surface area contributed by atoms with E-state index in [9.17, 15) is 5.11 Å². The highest BCUT2D eigenvalue weighted by molar-refractivity contribution is 6.31. The van der Waals surface area contributed by atoms with E-state index in [4.69, 9.17) is 11.6 Å². The standard InChI is InChI=1S/C10H15ClN2O/c1-8(14)6-13(2)7-9-3-4-12-5-10(9)11/h3-5,8,14H,6-7H2,1-2H3. The van der Waals surface area contributed by atoms with E-state index in [2.05, 4.69) is 4.98 Å². The van der Waals surface area contributed by atoms with Crippen molar-refractivity contribution in [3.63, 3.8) is 0 Å². The number of halogens is 1. The molecule has 1 unspecified atom stereocenters. The van der Waals surface area contributed by atoms with Gasteiger partial charge in [-0.05, 0) is 25.6 Å². The van der Waals surface area contributed by atoms with E-state index in [0.29, 0.717) is 11.6 Å². The van der Waals surface area contributed by atoms with Gasteiger partial charge in [0.2, 0.25) is 0 Å². The minimum atomic E-state index is -0.319. The van der Waals surface area contributed by atoms with Crippen LogP contribution >= 0.6 is 11.6 Å². The fraction of sp³-hybridized carbons (Fsp3) is 0.500. The van der Waals surface area contributed by atoms with Crippen molar-refractivity contribution in [1.29, 1.82) is 0 Å². The number of aliphatic hydroxyl groups excluding tert-OH is 1. The predicted molar refractivity (Wildman–Crippen MR) is 57.3 cm³/mol. The van der Waals surface area contributed by atoms with E-state index in [1.54, 1.807) is 19.3 Å². The fourth-order valence-electron chi connectivity index (χ4n) is 1.34. The number of rotatable bonds is 4. The van der Waals surface area contributed by atoms with Crippen molar-refractivity contribution in [2.75, 3.05) is 13.6 Å². The van der Waals surface area contributed by atoms with Gasteiger partial charge in [-0.15, -0.1) is 0 Å². The number of nitrogens with zero attached hydrogens (tertiary/aromatic N) is 2. The number of aliphatic hydroxyl groups is 1. The van der Waals surface area contributed by atoms with Crippen LogP contribution in [0.2, 0.25) is 5.02 Å². The van der Waals surface area contributed by atoms with E-state index in [1.165, 1.54) is 0 Å². The van der Waals surface area contributed by atoms with Gasteiger partial charge in [0.25, 0.3) is 0 Å². The van der Waals surface area contributed by atoms with Crippen LogP contribution in [0.1, 0.15) is 12.5 Å². The average Bonchev–Trinajstić information content (AvgIpc) is 2.07. The highest BCUT2D eigenvalue weighted by Crippen LogP contribution is 2.14. The third-order valence-electron chi connectivity index (χ3n) is 1.87. The maximum atomic E-state index is 9.18. The molecule has 78 valence electrons. The number of aromatic nitrogens is 1. The maximum absolute atomic E-state index is 9.18. The second-order valence-corrected chi connectivity index (χ2v) is 3.92. The van der Waals surface area contributed by atoms with Gasteiger partial charge in [0, 0.05) is 25.5 Å². The Balaban J connectivity index is 2.56. The summed E-state index contributed by atoms with van der Waals surface area (Å²) in [6, 6.07) is 1.89. The van der Waals surface area contributed by atoms with Crippen molar-refractivity contribution in [2.45, 2.75) is 19.6 Å². The van der Waals surface area contributed by atoms with Crippen molar-refractivity contribution in [3.05, 3.63) is 29.0 Å². The van der Waals surface area contributed by atoms with E-state index in [-0.39, 0.29) is 6.10 Å². The van der Waals surface area contributed by atoms with Gasteiger partial charge in [0.15, 0.2) is 0 Å². The lowest BCUT2D eigenvalue weighted by atomic mass is 10.2. The third-order valence-corrected chi connectivity index (χ3v) is 2.21. The molecule has 0 bridgehead atoms. The first-order chi connectivity index (χ1) is 6.59. The molecule has 0 aliphatic heterocycles. The molecular formula is C10H15ClN2O. The summed E-state index contributed by atoms with van der Waals surface area (Å²) in [5.74, 6) is 0. The summed E-state index contributed by atoms with van der Waals surface area (Å²) >= 11 is 5.95. The lowest BCUT2D eigenvalue weighted by molar-refractivity contribution is 0.138. The van der Waals surface area contributed by atoms with Crippen LogP contribution in [0.4, 0.5) is 0 Å². The van der Waals surface area contributed by atoms with E-state index in [0.717, 1.165) is 12.1 Å². The molecule has 0 saturated carbocycles. The Hall–Kier alpha value is -0.640. The second kappa shape index (κ2) is 5.29. The van der Waals surface area contributed by atoms with Gasteiger partial charge >= 0.3 is 0 Å². The first kappa shape index (κ1) is 11.4. The van der Waals surface area contributed by atoms with Crippen molar-refractivity contribution in [1.82, 2.24) is 9.88 Å². The first-order valence-corrected chi connectivity index (χ1v) is 4.92. The maximum Gasteiger partial charge on any atom is 0.0639 e. The molecule has 0 saturated heterocycles. The molecule has 1 atom stereocenters. The highest BCUT2D eigenvalue weighted by Gasteiger charge is 2.06. The minimum absolute atomic E-state index is 0.319. The van der Waals surface area contributed by atoms with Crippen LogP contribution < -0.4 is 0 Å². The van der Waals surface area contributed by atoms with E-state index in [1.807, 2.05) is 18.0 Å². The molecule has 0 radical (unpaired) electrons. The summed E-state index contributed by atoms with van der Waals surface area (Å²) in [4.78, 5) is 5.93. The molecule has 0 aromatic carbocycles. The zero-order chi connectivity index (χ0) is 10.6. The normalized spacial score (nSPS) is 13.2. The second-order valence-electron chi connectivity index (χ2n) is 3.51. The molecule has 1 rings (SSSR count). The van der Waals surface area contributed by atoms with Crippen LogP contribution in [-0.4, -0.2) is 34.7 Å². The topological polar surface area (TPSA) is 36.4 Å². The molecule has 4 heteroatoms. The zero-order valence-electron chi connectivity index (χ0n) is 8.44. The molecule has 1 aromatic heterocycles. The zero-order valence-corrected chi connectivity index (χ0v) is 9.20. The lowest BCUT2D eigenvalue weighted by Crippen LogP contribution is -2.26. The Morgan fingerprint density at radius 1 is 1.64 bits per heavy atom. The van der Waals surface area contributed by atoms with Crippen LogP contribution in [0.5, 0.6) is 0 Å². The van der Waals surface area contributed by atoms with Crippen LogP contribution in [0.3, 0.4) is 0 Å². The molecule has 3 nitrogen and oxygen atoms in total. The number of likely N-dealkylation sites (N-methyl/N-ethyl adjacent to an activating group) is 1. The average molecular weight is 215 g/mol. The van der Waals surface area contributed by atoms with Crippen LogP contribution in [0.25, 0.3) is 0 Å². The van der Waals surface area contributed by atoms with Crippen LogP contribution in [-0.2, 0) is 6.54 Å². The molecule has 1 heterocycles. The quantitative estimate of drug-likeness (QED) is 0.826.